The highest BCUT2D eigenvalue weighted by molar-refractivity contribution is 4.78. The molecule has 0 aliphatic carbocycles. The van der Waals surface area contributed by atoms with Gasteiger partial charge in [0, 0.05) is 19.1 Å². The molecular formula is C11H24N2O. The molecule has 0 aromatic carbocycles. The van der Waals surface area contributed by atoms with Gasteiger partial charge in [0.1, 0.15) is 0 Å². The number of rotatable bonds is 5. The Kier molecular flexibility index (Phi) is 4.85. The molecule has 0 saturated carbocycles. The summed E-state index contributed by atoms with van der Waals surface area (Å²) in [6, 6.07) is 0.297. The van der Waals surface area contributed by atoms with Crippen LogP contribution in [0.4, 0.5) is 0 Å². The van der Waals surface area contributed by atoms with Crippen LogP contribution in [0, 0.1) is 5.92 Å². The highest BCUT2D eigenvalue weighted by Crippen LogP contribution is 2.17. The minimum atomic E-state index is 0.265. The van der Waals surface area contributed by atoms with E-state index >= 15 is 0 Å². The Morgan fingerprint density at radius 1 is 1.57 bits per heavy atom. The van der Waals surface area contributed by atoms with E-state index in [-0.39, 0.29) is 6.61 Å². The molecule has 84 valence electrons. The second kappa shape index (κ2) is 5.69. The molecule has 1 N–H and O–H groups in total. The molecule has 2 unspecified atom stereocenters. The molecule has 0 spiro atoms. The van der Waals surface area contributed by atoms with Gasteiger partial charge in [-0.25, -0.2) is 0 Å². The van der Waals surface area contributed by atoms with Gasteiger partial charge >= 0.3 is 0 Å². The summed E-state index contributed by atoms with van der Waals surface area (Å²) >= 11 is 0. The number of aliphatic hydroxyl groups excluding tert-OH is 1. The molecule has 3 heteroatoms. The van der Waals surface area contributed by atoms with Crippen LogP contribution in [0.1, 0.15) is 20.3 Å². The van der Waals surface area contributed by atoms with Crippen LogP contribution in [-0.4, -0.2) is 60.8 Å². The van der Waals surface area contributed by atoms with Gasteiger partial charge in [-0.15, -0.1) is 0 Å². The molecule has 1 rings (SSSR count). The van der Waals surface area contributed by atoms with E-state index < -0.39 is 0 Å². The summed E-state index contributed by atoms with van der Waals surface area (Å²) in [5.74, 6) is 0.800. The zero-order valence-corrected chi connectivity index (χ0v) is 9.74. The highest BCUT2D eigenvalue weighted by atomic mass is 16.3. The monoisotopic (exact) mass is 200 g/mol. The lowest BCUT2D eigenvalue weighted by Crippen LogP contribution is -2.36. The molecule has 0 aromatic rings. The molecule has 2 atom stereocenters. The van der Waals surface area contributed by atoms with Crippen molar-refractivity contribution in [1.29, 1.82) is 0 Å². The van der Waals surface area contributed by atoms with Crippen LogP contribution >= 0.6 is 0 Å². The highest BCUT2D eigenvalue weighted by Gasteiger charge is 2.23. The van der Waals surface area contributed by atoms with Gasteiger partial charge in [-0.3, -0.25) is 0 Å². The fourth-order valence-corrected chi connectivity index (χ4v) is 2.08. The maximum atomic E-state index is 9.03. The van der Waals surface area contributed by atoms with Gasteiger partial charge in [0.25, 0.3) is 0 Å². The first-order chi connectivity index (χ1) is 6.67. The van der Waals surface area contributed by atoms with Crippen LogP contribution in [-0.2, 0) is 0 Å². The van der Waals surface area contributed by atoms with Crippen molar-refractivity contribution >= 4 is 0 Å². The third kappa shape index (κ3) is 3.23. The number of hydrogen-bond donors (Lipinski definition) is 1. The summed E-state index contributed by atoms with van der Waals surface area (Å²) in [6.07, 6.45) is 1.32. The van der Waals surface area contributed by atoms with Crippen molar-refractivity contribution in [1.82, 2.24) is 9.80 Å². The van der Waals surface area contributed by atoms with Crippen molar-refractivity contribution in [3.63, 3.8) is 0 Å². The lowest BCUT2D eigenvalue weighted by Gasteiger charge is -2.26. The molecule has 1 saturated heterocycles. The molecule has 0 aromatic heterocycles. The Morgan fingerprint density at radius 3 is 2.79 bits per heavy atom. The summed E-state index contributed by atoms with van der Waals surface area (Å²) in [7, 11) is 2.11. The van der Waals surface area contributed by atoms with Crippen LogP contribution in [0.15, 0.2) is 0 Å². The van der Waals surface area contributed by atoms with E-state index in [9.17, 15) is 0 Å². The number of hydrogen-bond acceptors (Lipinski definition) is 3. The fraction of sp³-hybridized carbons (Fsp3) is 1.00. The molecule has 3 nitrogen and oxygen atoms in total. The fourth-order valence-electron chi connectivity index (χ4n) is 2.08. The van der Waals surface area contributed by atoms with E-state index in [4.69, 9.17) is 5.11 Å². The zero-order valence-electron chi connectivity index (χ0n) is 9.74. The number of likely N-dealkylation sites (tertiary alicyclic amines) is 1. The van der Waals surface area contributed by atoms with E-state index in [0.29, 0.717) is 6.04 Å². The van der Waals surface area contributed by atoms with Crippen molar-refractivity contribution in [2.75, 3.05) is 39.8 Å². The molecule has 1 aliphatic rings. The van der Waals surface area contributed by atoms with Crippen LogP contribution in [0.25, 0.3) is 0 Å². The minimum absolute atomic E-state index is 0.265. The Balaban J connectivity index is 2.24. The average molecular weight is 200 g/mol. The number of likely N-dealkylation sites (N-methyl/N-ethyl adjacent to an activating group) is 1. The zero-order chi connectivity index (χ0) is 10.6. The van der Waals surface area contributed by atoms with Crippen LogP contribution in [0.5, 0.6) is 0 Å². The predicted molar refractivity (Wildman–Crippen MR) is 59.4 cm³/mol. The number of aliphatic hydroxyl groups is 1. The maximum Gasteiger partial charge on any atom is 0.0584 e. The lowest BCUT2D eigenvalue weighted by molar-refractivity contribution is 0.143. The molecule has 1 aliphatic heterocycles. The normalized spacial score (nSPS) is 25.9. The van der Waals surface area contributed by atoms with Gasteiger partial charge in [0.2, 0.25) is 0 Å². The molecule has 0 radical (unpaired) electrons. The molecule has 14 heavy (non-hydrogen) atoms. The standard InChI is InChI=1S/C11H24N2O/c1-4-13-6-5-11(8-13)7-12(3)10(2)9-14/h10-11,14H,4-9H2,1-3H3. The molecule has 1 heterocycles. The number of nitrogens with zero attached hydrogens (tertiary/aromatic N) is 2. The molecular weight excluding hydrogens is 176 g/mol. The Labute approximate surface area is 87.7 Å². The van der Waals surface area contributed by atoms with Gasteiger partial charge in [-0.05, 0) is 39.4 Å². The van der Waals surface area contributed by atoms with Crippen molar-refractivity contribution in [3.8, 4) is 0 Å². The first-order valence-corrected chi connectivity index (χ1v) is 5.70. The summed E-state index contributed by atoms with van der Waals surface area (Å²) in [5.41, 5.74) is 0. The first kappa shape index (κ1) is 12.0. The maximum absolute atomic E-state index is 9.03. The van der Waals surface area contributed by atoms with E-state index in [1.165, 1.54) is 26.1 Å². The second-order valence-electron chi connectivity index (χ2n) is 4.52. The second-order valence-corrected chi connectivity index (χ2v) is 4.52. The van der Waals surface area contributed by atoms with Crippen molar-refractivity contribution in [3.05, 3.63) is 0 Å². The van der Waals surface area contributed by atoms with E-state index in [1.54, 1.807) is 0 Å². The average Bonchev–Trinajstić information content (AvgIpc) is 2.64. The van der Waals surface area contributed by atoms with Gasteiger partial charge in [0.15, 0.2) is 0 Å². The topological polar surface area (TPSA) is 26.7 Å². The Hall–Kier alpha value is -0.120. The quantitative estimate of drug-likeness (QED) is 0.705. The summed E-state index contributed by atoms with van der Waals surface area (Å²) in [5, 5.41) is 9.03. The third-order valence-electron chi connectivity index (χ3n) is 3.38. The minimum Gasteiger partial charge on any atom is -0.395 e. The summed E-state index contributed by atoms with van der Waals surface area (Å²) < 4.78 is 0. The lowest BCUT2D eigenvalue weighted by atomic mass is 10.1. The van der Waals surface area contributed by atoms with Gasteiger partial charge in [0.05, 0.1) is 6.61 Å². The summed E-state index contributed by atoms with van der Waals surface area (Å²) in [6.45, 7) is 9.35. The largest absolute Gasteiger partial charge is 0.395 e. The van der Waals surface area contributed by atoms with Crippen molar-refractivity contribution in [2.24, 2.45) is 5.92 Å². The van der Waals surface area contributed by atoms with Crippen LogP contribution in [0.2, 0.25) is 0 Å². The smallest absolute Gasteiger partial charge is 0.0584 e. The van der Waals surface area contributed by atoms with Gasteiger partial charge in [-0.1, -0.05) is 6.92 Å². The molecule has 0 amide bonds. The predicted octanol–water partition coefficient (Wildman–Crippen LogP) is 0.641. The Bertz CT molecular complexity index is 163. The van der Waals surface area contributed by atoms with Crippen molar-refractivity contribution < 1.29 is 5.11 Å². The van der Waals surface area contributed by atoms with E-state index in [1.807, 2.05) is 0 Å². The van der Waals surface area contributed by atoms with E-state index in [2.05, 4.69) is 30.7 Å². The Morgan fingerprint density at radius 2 is 2.29 bits per heavy atom. The third-order valence-corrected chi connectivity index (χ3v) is 3.38. The summed E-state index contributed by atoms with van der Waals surface area (Å²) in [4.78, 5) is 4.77. The van der Waals surface area contributed by atoms with Gasteiger partial charge in [-0.2, -0.15) is 0 Å². The first-order valence-electron chi connectivity index (χ1n) is 5.70. The molecule has 0 bridgehead atoms. The van der Waals surface area contributed by atoms with E-state index in [0.717, 1.165) is 12.5 Å². The van der Waals surface area contributed by atoms with Crippen molar-refractivity contribution in [2.45, 2.75) is 26.3 Å². The molecule has 1 fully saturated rings. The van der Waals surface area contributed by atoms with Crippen LogP contribution < -0.4 is 0 Å². The SMILES string of the molecule is CCN1CCC(CN(C)C(C)CO)C1. The van der Waals surface area contributed by atoms with Crippen LogP contribution in [0.3, 0.4) is 0 Å². The van der Waals surface area contributed by atoms with Gasteiger partial charge < -0.3 is 14.9 Å².